The van der Waals surface area contributed by atoms with Gasteiger partial charge in [-0.05, 0) is 37.1 Å². The molecule has 0 radical (unpaired) electrons. The number of hydrogen-bond acceptors (Lipinski definition) is 5. The van der Waals surface area contributed by atoms with Gasteiger partial charge in [-0.1, -0.05) is 24.3 Å². The fourth-order valence-corrected chi connectivity index (χ4v) is 5.14. The number of carbonyl (C=O) groups is 1. The molecule has 8 heteroatoms. The molecule has 0 unspecified atom stereocenters. The van der Waals surface area contributed by atoms with Crippen molar-refractivity contribution in [1.82, 2.24) is 0 Å². The van der Waals surface area contributed by atoms with Gasteiger partial charge in [0.15, 0.2) is 16.4 Å². The van der Waals surface area contributed by atoms with Crippen molar-refractivity contribution in [3.05, 3.63) is 65.1 Å². The second-order valence-electron chi connectivity index (χ2n) is 6.77. The van der Waals surface area contributed by atoms with Crippen LogP contribution in [0.4, 0.5) is 11.4 Å². The van der Waals surface area contributed by atoms with Crippen molar-refractivity contribution < 1.29 is 22.7 Å². The number of amides is 1. The van der Waals surface area contributed by atoms with Gasteiger partial charge >= 0.3 is 0 Å². The maximum atomic E-state index is 13.4. The second-order valence-corrected chi connectivity index (χ2v) is 8.57. The van der Waals surface area contributed by atoms with Crippen LogP contribution in [0.3, 0.4) is 0 Å². The van der Waals surface area contributed by atoms with Crippen molar-refractivity contribution >= 4 is 32.9 Å². The molecule has 2 aromatic carbocycles. The minimum Gasteiger partial charge on any atom is -0.493 e. The number of aryl methyl sites for hydroxylation is 1. The summed E-state index contributed by atoms with van der Waals surface area (Å²) in [6.07, 6.45) is 1.47. The van der Waals surface area contributed by atoms with E-state index in [0.717, 1.165) is 9.87 Å². The highest BCUT2D eigenvalue weighted by Gasteiger charge is 2.40. The fourth-order valence-electron chi connectivity index (χ4n) is 3.42. The molecule has 1 aliphatic heterocycles. The van der Waals surface area contributed by atoms with Crippen molar-refractivity contribution in [2.75, 3.05) is 30.4 Å². The van der Waals surface area contributed by atoms with Crippen LogP contribution in [0.1, 0.15) is 18.1 Å². The molecule has 158 valence electrons. The second kappa shape index (κ2) is 8.23. The minimum atomic E-state index is -4.13. The van der Waals surface area contributed by atoms with Crippen LogP contribution >= 0.6 is 0 Å². The number of benzene rings is 2. The standard InChI is InChI=1S/C22H24N2O5S/c1-6-11-24-18-13-20(29-5)19(28-4)12-16(18)15(3)21(30(24,26)27)22(25)23-17-10-8-7-9-14(17)2/h6-10,12-13H,1,11H2,2-5H3,(H,23,25). The van der Waals surface area contributed by atoms with Gasteiger partial charge in [0.1, 0.15) is 0 Å². The summed E-state index contributed by atoms with van der Waals surface area (Å²) < 4.78 is 38.7. The molecule has 0 fully saturated rings. The SMILES string of the molecule is C=CCN1c2cc(OC)c(OC)cc2C(C)=C(C(=O)Nc2ccccc2C)S1(=O)=O. The van der Waals surface area contributed by atoms with Gasteiger partial charge in [0.2, 0.25) is 0 Å². The van der Waals surface area contributed by atoms with E-state index >= 15 is 0 Å². The Morgan fingerprint density at radius 3 is 2.37 bits per heavy atom. The number of anilines is 2. The Bertz CT molecular complexity index is 1150. The average molecular weight is 429 g/mol. The molecule has 1 heterocycles. The molecule has 3 rings (SSSR count). The van der Waals surface area contributed by atoms with Gasteiger partial charge in [-0.25, -0.2) is 8.42 Å². The molecule has 7 nitrogen and oxygen atoms in total. The first-order valence-electron chi connectivity index (χ1n) is 9.24. The number of sulfonamides is 1. The molecule has 0 atom stereocenters. The van der Waals surface area contributed by atoms with Crippen molar-refractivity contribution in [3.63, 3.8) is 0 Å². The number of ether oxygens (including phenoxy) is 2. The van der Waals surface area contributed by atoms with Gasteiger partial charge < -0.3 is 14.8 Å². The number of methoxy groups -OCH3 is 2. The van der Waals surface area contributed by atoms with Crippen molar-refractivity contribution in [3.8, 4) is 11.5 Å². The van der Waals surface area contributed by atoms with E-state index in [1.165, 1.54) is 20.3 Å². The van der Waals surface area contributed by atoms with Crippen LogP contribution in [0.15, 0.2) is 54.0 Å². The number of hydrogen-bond donors (Lipinski definition) is 1. The van der Waals surface area contributed by atoms with Gasteiger partial charge in [-0.15, -0.1) is 6.58 Å². The quantitative estimate of drug-likeness (QED) is 0.709. The highest BCUT2D eigenvalue weighted by Crippen LogP contribution is 2.45. The summed E-state index contributed by atoms with van der Waals surface area (Å²) in [6, 6.07) is 10.4. The predicted octanol–water partition coefficient (Wildman–Crippen LogP) is 3.72. The van der Waals surface area contributed by atoms with Gasteiger partial charge in [0.25, 0.3) is 15.9 Å². The number of nitrogens with one attached hydrogen (secondary N) is 1. The number of para-hydroxylation sites is 1. The lowest BCUT2D eigenvalue weighted by Gasteiger charge is -2.32. The normalized spacial score (nSPS) is 14.7. The zero-order valence-corrected chi connectivity index (χ0v) is 18.2. The molecular weight excluding hydrogens is 404 g/mol. The van der Waals surface area contributed by atoms with Crippen LogP contribution < -0.4 is 19.1 Å². The van der Waals surface area contributed by atoms with E-state index in [4.69, 9.17) is 9.47 Å². The zero-order valence-electron chi connectivity index (χ0n) is 17.4. The molecular formula is C22H24N2O5S. The molecule has 0 saturated carbocycles. The monoisotopic (exact) mass is 428 g/mol. The largest absolute Gasteiger partial charge is 0.493 e. The van der Waals surface area contributed by atoms with E-state index in [0.29, 0.717) is 34.0 Å². The minimum absolute atomic E-state index is 0.000753. The van der Waals surface area contributed by atoms with Crippen LogP contribution in [0.2, 0.25) is 0 Å². The van der Waals surface area contributed by atoms with E-state index in [1.807, 2.05) is 19.1 Å². The van der Waals surface area contributed by atoms with Crippen LogP contribution in [-0.4, -0.2) is 35.1 Å². The Hall–Kier alpha value is -3.26. The third kappa shape index (κ3) is 3.54. The van der Waals surface area contributed by atoms with Crippen molar-refractivity contribution in [2.45, 2.75) is 13.8 Å². The summed E-state index contributed by atoms with van der Waals surface area (Å²) in [4.78, 5) is 12.8. The first kappa shape index (κ1) is 21.4. The summed E-state index contributed by atoms with van der Waals surface area (Å²) in [5.74, 6) is 0.129. The highest BCUT2D eigenvalue weighted by atomic mass is 32.2. The maximum absolute atomic E-state index is 13.4. The third-order valence-corrected chi connectivity index (χ3v) is 6.89. The van der Waals surface area contributed by atoms with E-state index < -0.39 is 15.9 Å². The summed E-state index contributed by atoms with van der Waals surface area (Å²) in [6.45, 7) is 7.11. The summed E-state index contributed by atoms with van der Waals surface area (Å²) >= 11 is 0. The summed E-state index contributed by atoms with van der Waals surface area (Å²) in [5, 5.41) is 2.73. The topological polar surface area (TPSA) is 84.9 Å². The number of carbonyl (C=O) groups excluding carboxylic acids is 1. The van der Waals surface area contributed by atoms with Gasteiger partial charge in [0, 0.05) is 17.3 Å². The molecule has 1 N–H and O–H groups in total. The van der Waals surface area contributed by atoms with E-state index in [-0.39, 0.29) is 11.4 Å². The summed E-state index contributed by atoms with van der Waals surface area (Å²) in [7, 11) is -1.16. The molecule has 0 saturated heterocycles. The van der Waals surface area contributed by atoms with E-state index in [9.17, 15) is 13.2 Å². The Balaban J connectivity index is 2.22. The number of rotatable bonds is 6. The predicted molar refractivity (Wildman–Crippen MR) is 118 cm³/mol. The molecule has 30 heavy (non-hydrogen) atoms. The smallest absolute Gasteiger partial charge is 0.270 e. The molecule has 1 amide bonds. The highest BCUT2D eigenvalue weighted by molar-refractivity contribution is 7.97. The van der Waals surface area contributed by atoms with Gasteiger partial charge in [-0.2, -0.15) is 0 Å². The fraction of sp³-hybridized carbons (Fsp3) is 0.227. The van der Waals surface area contributed by atoms with E-state index in [1.54, 1.807) is 31.2 Å². The lowest BCUT2D eigenvalue weighted by molar-refractivity contribution is -0.112. The first-order chi connectivity index (χ1) is 14.3. The molecule has 2 aromatic rings. The van der Waals surface area contributed by atoms with Gasteiger partial charge in [-0.3, -0.25) is 9.10 Å². The third-order valence-electron chi connectivity index (χ3n) is 4.96. The van der Waals surface area contributed by atoms with Crippen molar-refractivity contribution in [1.29, 1.82) is 0 Å². The number of fused-ring (bicyclic) bond motifs is 1. The molecule has 0 aliphatic carbocycles. The Labute approximate surface area is 176 Å². The van der Waals surface area contributed by atoms with Crippen LogP contribution in [-0.2, 0) is 14.8 Å². The molecule has 1 aliphatic rings. The van der Waals surface area contributed by atoms with Crippen molar-refractivity contribution in [2.24, 2.45) is 0 Å². The van der Waals surface area contributed by atoms with Crippen LogP contribution in [0.5, 0.6) is 11.5 Å². The molecule has 0 spiro atoms. The lowest BCUT2D eigenvalue weighted by Crippen LogP contribution is -2.39. The Morgan fingerprint density at radius 2 is 1.77 bits per heavy atom. The zero-order chi connectivity index (χ0) is 22.1. The number of allylic oxidation sites excluding steroid dienone is 1. The first-order valence-corrected chi connectivity index (χ1v) is 10.7. The molecule has 0 bridgehead atoms. The van der Waals surface area contributed by atoms with Crippen LogP contribution in [0.25, 0.3) is 5.57 Å². The van der Waals surface area contributed by atoms with Crippen LogP contribution in [0, 0.1) is 6.92 Å². The lowest BCUT2D eigenvalue weighted by atomic mass is 10.0. The average Bonchev–Trinajstić information content (AvgIpc) is 2.71. The van der Waals surface area contributed by atoms with Gasteiger partial charge in [0.05, 0.1) is 26.5 Å². The Morgan fingerprint density at radius 1 is 1.13 bits per heavy atom. The maximum Gasteiger partial charge on any atom is 0.270 e. The Kier molecular flexibility index (Phi) is 5.89. The molecule has 0 aromatic heterocycles. The van der Waals surface area contributed by atoms with E-state index in [2.05, 4.69) is 11.9 Å². The summed E-state index contributed by atoms with van der Waals surface area (Å²) in [5.41, 5.74) is 2.67. The number of nitrogens with zero attached hydrogens (tertiary/aromatic N) is 1.